The van der Waals surface area contributed by atoms with Gasteiger partial charge in [0.05, 0.1) is 21.5 Å². The molecule has 1 heterocycles. The van der Waals surface area contributed by atoms with Gasteiger partial charge in [0.1, 0.15) is 0 Å². The number of hydrogen-bond donors (Lipinski definition) is 1. The molecule has 102 valence electrons. The van der Waals surface area contributed by atoms with E-state index in [-0.39, 0.29) is 6.42 Å². The van der Waals surface area contributed by atoms with E-state index in [9.17, 15) is 13.2 Å². The van der Waals surface area contributed by atoms with E-state index in [1.807, 2.05) is 10.8 Å². The van der Waals surface area contributed by atoms with Gasteiger partial charge < -0.3 is 0 Å². The lowest BCUT2D eigenvalue weighted by Crippen LogP contribution is -2.29. The molecule has 0 saturated carbocycles. The molecule has 1 amide bonds. The molecule has 2 rings (SSSR count). The van der Waals surface area contributed by atoms with Crippen molar-refractivity contribution in [2.24, 2.45) is 0 Å². The third-order valence-corrected chi connectivity index (χ3v) is 4.19. The van der Waals surface area contributed by atoms with E-state index in [1.165, 1.54) is 11.3 Å². The number of carbonyl (C=O) groups excluding carboxylic acids is 1. The zero-order valence-electron chi connectivity index (χ0n) is 10.0. The van der Waals surface area contributed by atoms with Gasteiger partial charge in [0.2, 0.25) is 15.9 Å². The Bertz CT molecular complexity index is 725. The first-order valence-electron chi connectivity index (χ1n) is 5.39. The first kappa shape index (κ1) is 14.2. The quantitative estimate of drug-likeness (QED) is 0.935. The Labute approximate surface area is 119 Å². The molecular formula is C11H11ClN2O3S2. The van der Waals surface area contributed by atoms with Crippen molar-refractivity contribution < 1.29 is 13.2 Å². The van der Waals surface area contributed by atoms with E-state index in [4.69, 9.17) is 11.6 Å². The highest BCUT2D eigenvalue weighted by Crippen LogP contribution is 2.25. The number of nitrogens with one attached hydrogen (secondary N) is 1. The summed E-state index contributed by atoms with van der Waals surface area (Å²) in [6, 6.07) is 5.41. The molecule has 5 nitrogen and oxygen atoms in total. The summed E-state index contributed by atoms with van der Waals surface area (Å²) in [6.45, 7) is 0. The van der Waals surface area contributed by atoms with Gasteiger partial charge in [0.15, 0.2) is 0 Å². The number of thiazole rings is 1. The first-order chi connectivity index (χ1) is 8.83. The van der Waals surface area contributed by atoms with Crippen molar-refractivity contribution in [3.05, 3.63) is 28.2 Å². The largest absolute Gasteiger partial charge is 0.274 e. The number of carbonyl (C=O) groups is 1. The van der Waals surface area contributed by atoms with Crippen LogP contribution in [0.4, 0.5) is 0 Å². The van der Waals surface area contributed by atoms with Gasteiger partial charge in [-0.15, -0.1) is 11.3 Å². The van der Waals surface area contributed by atoms with Crippen molar-refractivity contribution in [3.8, 4) is 0 Å². The molecule has 0 aliphatic heterocycles. The molecule has 19 heavy (non-hydrogen) atoms. The lowest BCUT2D eigenvalue weighted by molar-refractivity contribution is -0.119. The van der Waals surface area contributed by atoms with Crippen molar-refractivity contribution in [3.63, 3.8) is 0 Å². The fourth-order valence-corrected chi connectivity index (χ4v) is 3.16. The van der Waals surface area contributed by atoms with Crippen LogP contribution in [-0.2, 0) is 21.2 Å². The van der Waals surface area contributed by atoms with Crippen LogP contribution < -0.4 is 4.72 Å². The molecule has 2 aromatic rings. The van der Waals surface area contributed by atoms with E-state index < -0.39 is 15.9 Å². The second-order valence-electron chi connectivity index (χ2n) is 4.02. The Morgan fingerprint density at radius 2 is 2.21 bits per heavy atom. The normalized spacial score (nSPS) is 11.7. The average molecular weight is 319 g/mol. The maximum absolute atomic E-state index is 11.4. The monoisotopic (exact) mass is 318 g/mol. The first-order valence-corrected chi connectivity index (χ1v) is 8.48. The standard InChI is InChI=1S/C11H11ClN2O3S2/c1-19(16,17)14-10(15)4-5-11-13-8-6-7(12)2-3-9(8)18-11/h2-3,6H,4-5H2,1H3,(H,14,15). The van der Waals surface area contributed by atoms with Gasteiger partial charge in [0.25, 0.3) is 0 Å². The molecule has 0 spiro atoms. The minimum atomic E-state index is -3.49. The van der Waals surface area contributed by atoms with Gasteiger partial charge in [-0.3, -0.25) is 9.52 Å². The van der Waals surface area contributed by atoms with Crippen LogP contribution in [0.15, 0.2) is 18.2 Å². The van der Waals surface area contributed by atoms with Gasteiger partial charge in [-0.2, -0.15) is 0 Å². The maximum atomic E-state index is 11.4. The van der Waals surface area contributed by atoms with Crippen molar-refractivity contribution in [2.45, 2.75) is 12.8 Å². The minimum Gasteiger partial charge on any atom is -0.274 e. The predicted molar refractivity (Wildman–Crippen MR) is 75.9 cm³/mol. The number of amides is 1. The molecule has 0 aliphatic carbocycles. The highest BCUT2D eigenvalue weighted by atomic mass is 35.5. The van der Waals surface area contributed by atoms with E-state index in [0.717, 1.165) is 21.5 Å². The lowest BCUT2D eigenvalue weighted by Gasteiger charge is -2.00. The molecule has 0 atom stereocenters. The number of rotatable bonds is 4. The van der Waals surface area contributed by atoms with Crippen LogP contribution in [0.25, 0.3) is 10.2 Å². The molecule has 0 bridgehead atoms. The van der Waals surface area contributed by atoms with Crippen molar-refractivity contribution >= 4 is 49.1 Å². The number of fused-ring (bicyclic) bond motifs is 1. The van der Waals surface area contributed by atoms with Crippen LogP contribution in [0.1, 0.15) is 11.4 Å². The fourth-order valence-electron chi connectivity index (χ4n) is 1.53. The highest BCUT2D eigenvalue weighted by Gasteiger charge is 2.10. The minimum absolute atomic E-state index is 0.0840. The maximum Gasteiger partial charge on any atom is 0.233 e. The van der Waals surface area contributed by atoms with Crippen LogP contribution in [0.3, 0.4) is 0 Å². The summed E-state index contributed by atoms with van der Waals surface area (Å²) in [7, 11) is -3.49. The number of halogens is 1. The predicted octanol–water partition coefficient (Wildman–Crippen LogP) is 1.96. The number of sulfonamides is 1. The van der Waals surface area contributed by atoms with Gasteiger partial charge in [0, 0.05) is 17.9 Å². The van der Waals surface area contributed by atoms with Gasteiger partial charge >= 0.3 is 0 Å². The molecular weight excluding hydrogens is 308 g/mol. The number of hydrogen-bond acceptors (Lipinski definition) is 5. The Balaban J connectivity index is 2.04. The van der Waals surface area contributed by atoms with E-state index in [0.29, 0.717) is 11.4 Å². The third-order valence-electron chi connectivity index (χ3n) is 2.26. The number of nitrogens with zero attached hydrogens (tertiary/aromatic N) is 1. The summed E-state index contributed by atoms with van der Waals surface area (Å²) >= 11 is 7.33. The van der Waals surface area contributed by atoms with Gasteiger partial charge in [-0.05, 0) is 18.2 Å². The fraction of sp³-hybridized carbons (Fsp3) is 0.273. The summed E-state index contributed by atoms with van der Waals surface area (Å²) in [6.07, 6.45) is 1.43. The molecule has 1 aromatic carbocycles. The molecule has 0 saturated heterocycles. The second-order valence-corrected chi connectivity index (χ2v) is 7.32. The molecule has 0 fully saturated rings. The van der Waals surface area contributed by atoms with E-state index in [2.05, 4.69) is 4.98 Å². The molecule has 0 aliphatic rings. The smallest absolute Gasteiger partial charge is 0.233 e. The van der Waals surface area contributed by atoms with Crippen molar-refractivity contribution in [2.75, 3.05) is 6.26 Å². The van der Waals surface area contributed by atoms with Crippen LogP contribution in [0.2, 0.25) is 5.02 Å². The SMILES string of the molecule is CS(=O)(=O)NC(=O)CCc1nc2cc(Cl)ccc2s1. The summed E-state index contributed by atoms with van der Waals surface area (Å²) in [4.78, 5) is 15.7. The van der Waals surface area contributed by atoms with Crippen LogP contribution in [0.5, 0.6) is 0 Å². The highest BCUT2D eigenvalue weighted by molar-refractivity contribution is 7.89. The molecule has 0 radical (unpaired) electrons. The van der Waals surface area contributed by atoms with E-state index in [1.54, 1.807) is 12.1 Å². The summed E-state index contributed by atoms with van der Waals surface area (Å²) in [5.74, 6) is -0.528. The zero-order valence-corrected chi connectivity index (χ0v) is 12.4. The van der Waals surface area contributed by atoms with Crippen LogP contribution in [-0.4, -0.2) is 25.6 Å². The number of aromatic nitrogens is 1. The summed E-state index contributed by atoms with van der Waals surface area (Å²) in [5.41, 5.74) is 0.788. The number of aryl methyl sites for hydroxylation is 1. The topological polar surface area (TPSA) is 76.1 Å². The molecule has 8 heteroatoms. The summed E-state index contributed by atoms with van der Waals surface area (Å²) < 4.78 is 24.7. The average Bonchev–Trinajstić information content (AvgIpc) is 2.66. The lowest BCUT2D eigenvalue weighted by atomic mass is 10.3. The van der Waals surface area contributed by atoms with Crippen molar-refractivity contribution in [1.82, 2.24) is 9.71 Å². The van der Waals surface area contributed by atoms with Gasteiger partial charge in [-0.1, -0.05) is 11.6 Å². The number of benzene rings is 1. The van der Waals surface area contributed by atoms with Crippen LogP contribution >= 0.6 is 22.9 Å². The Morgan fingerprint density at radius 3 is 2.89 bits per heavy atom. The van der Waals surface area contributed by atoms with E-state index >= 15 is 0 Å². The Kier molecular flexibility index (Phi) is 4.07. The Hall–Kier alpha value is -1.18. The Morgan fingerprint density at radius 1 is 1.47 bits per heavy atom. The zero-order chi connectivity index (χ0) is 14.0. The van der Waals surface area contributed by atoms with Gasteiger partial charge in [-0.25, -0.2) is 13.4 Å². The molecule has 1 aromatic heterocycles. The molecule has 1 N–H and O–H groups in total. The third kappa shape index (κ3) is 4.15. The summed E-state index contributed by atoms with van der Waals surface area (Å²) in [5, 5.41) is 1.39. The second kappa shape index (κ2) is 5.44. The molecule has 0 unspecified atom stereocenters. The van der Waals surface area contributed by atoms with Crippen molar-refractivity contribution in [1.29, 1.82) is 0 Å². The van der Waals surface area contributed by atoms with Crippen LogP contribution in [0, 0.1) is 0 Å².